The summed E-state index contributed by atoms with van der Waals surface area (Å²) in [5.74, 6) is 0. The Bertz CT molecular complexity index is 562. The predicted octanol–water partition coefficient (Wildman–Crippen LogP) is 4.89. The Balaban J connectivity index is 2.87. The second-order valence-electron chi connectivity index (χ2n) is 4.94. The van der Waals surface area contributed by atoms with E-state index in [1.54, 1.807) is 0 Å². The first-order valence-corrected chi connectivity index (χ1v) is 6.61. The van der Waals surface area contributed by atoms with Gasteiger partial charge in [0.05, 0.1) is 0 Å². The second kappa shape index (κ2) is 4.52. The van der Waals surface area contributed by atoms with Crippen LogP contribution in [-0.2, 0) is 12.8 Å². The molecule has 0 spiro atoms. The molecule has 0 fully saturated rings. The van der Waals surface area contributed by atoms with Gasteiger partial charge in [-0.05, 0) is 72.2 Å². The lowest BCUT2D eigenvalue weighted by Gasteiger charge is -2.15. The molecule has 0 radical (unpaired) electrons. The summed E-state index contributed by atoms with van der Waals surface area (Å²) in [6.45, 7) is 11.3. The quantitative estimate of drug-likeness (QED) is 0.684. The minimum Gasteiger partial charge on any atom is -0.0613 e. The van der Waals surface area contributed by atoms with E-state index in [9.17, 15) is 0 Å². The standard InChI is InChI=1S/C17H22/c1-6-14-8-9-16-10-15(7-2)11(3)12(4)17(16)13(14)5/h8-10H,6-7H2,1-5H3. The lowest BCUT2D eigenvalue weighted by Crippen LogP contribution is -1.96. The van der Waals surface area contributed by atoms with Gasteiger partial charge in [-0.1, -0.05) is 32.0 Å². The van der Waals surface area contributed by atoms with Crippen molar-refractivity contribution in [2.75, 3.05) is 0 Å². The molecular formula is C17H22. The van der Waals surface area contributed by atoms with Crippen LogP contribution in [0.5, 0.6) is 0 Å². The molecule has 0 heteroatoms. The zero-order valence-corrected chi connectivity index (χ0v) is 11.6. The minimum absolute atomic E-state index is 1.12. The SMILES string of the molecule is CCc1cc2ccc(CC)c(C)c2c(C)c1C. The van der Waals surface area contributed by atoms with Gasteiger partial charge in [-0.2, -0.15) is 0 Å². The first kappa shape index (κ1) is 12.2. The van der Waals surface area contributed by atoms with Crippen LogP contribution in [0.4, 0.5) is 0 Å². The largest absolute Gasteiger partial charge is 0.0613 e. The van der Waals surface area contributed by atoms with Crippen molar-refractivity contribution in [3.05, 3.63) is 46.0 Å². The van der Waals surface area contributed by atoms with Crippen LogP contribution in [0.3, 0.4) is 0 Å². The molecule has 2 aromatic carbocycles. The Hall–Kier alpha value is -1.30. The van der Waals surface area contributed by atoms with E-state index in [0.717, 1.165) is 12.8 Å². The smallest absolute Gasteiger partial charge is 0.0120 e. The third-order valence-electron chi connectivity index (χ3n) is 4.12. The van der Waals surface area contributed by atoms with Crippen LogP contribution in [0, 0.1) is 20.8 Å². The first-order chi connectivity index (χ1) is 8.10. The molecular weight excluding hydrogens is 204 g/mol. The van der Waals surface area contributed by atoms with Crippen molar-refractivity contribution in [1.29, 1.82) is 0 Å². The summed E-state index contributed by atoms with van der Waals surface area (Å²) < 4.78 is 0. The average Bonchev–Trinajstić information content (AvgIpc) is 2.33. The molecule has 0 bridgehead atoms. The molecule has 0 N–H and O–H groups in total. The van der Waals surface area contributed by atoms with Gasteiger partial charge >= 0.3 is 0 Å². The lowest BCUT2D eigenvalue weighted by atomic mass is 9.90. The fourth-order valence-electron chi connectivity index (χ4n) is 2.87. The summed E-state index contributed by atoms with van der Waals surface area (Å²) in [5, 5.41) is 2.87. The van der Waals surface area contributed by atoms with Gasteiger partial charge in [0.1, 0.15) is 0 Å². The van der Waals surface area contributed by atoms with Crippen molar-refractivity contribution in [3.8, 4) is 0 Å². The maximum atomic E-state index is 2.37. The predicted molar refractivity (Wildman–Crippen MR) is 76.9 cm³/mol. The van der Waals surface area contributed by atoms with E-state index in [1.807, 2.05) is 0 Å². The van der Waals surface area contributed by atoms with Crippen LogP contribution in [0.2, 0.25) is 0 Å². The lowest BCUT2D eigenvalue weighted by molar-refractivity contribution is 1.09. The van der Waals surface area contributed by atoms with Crippen LogP contribution in [-0.4, -0.2) is 0 Å². The fraction of sp³-hybridized carbons (Fsp3) is 0.412. The van der Waals surface area contributed by atoms with E-state index in [-0.39, 0.29) is 0 Å². The third kappa shape index (κ3) is 1.86. The molecule has 0 saturated heterocycles. The van der Waals surface area contributed by atoms with Crippen LogP contribution in [0.25, 0.3) is 10.8 Å². The van der Waals surface area contributed by atoms with Gasteiger partial charge < -0.3 is 0 Å². The van der Waals surface area contributed by atoms with E-state index in [1.165, 1.54) is 38.6 Å². The summed E-state index contributed by atoms with van der Waals surface area (Å²) >= 11 is 0. The van der Waals surface area contributed by atoms with Crippen molar-refractivity contribution in [1.82, 2.24) is 0 Å². The molecule has 17 heavy (non-hydrogen) atoms. The summed E-state index contributed by atoms with van der Waals surface area (Å²) in [7, 11) is 0. The first-order valence-electron chi connectivity index (χ1n) is 6.61. The number of benzene rings is 2. The molecule has 0 saturated carbocycles. The Labute approximate surface area is 105 Å². The summed E-state index contributed by atoms with van der Waals surface area (Å²) in [5.41, 5.74) is 7.36. The normalized spacial score (nSPS) is 11.1. The maximum Gasteiger partial charge on any atom is -0.0120 e. The average molecular weight is 226 g/mol. The van der Waals surface area contributed by atoms with E-state index in [0.29, 0.717) is 0 Å². The van der Waals surface area contributed by atoms with E-state index in [4.69, 9.17) is 0 Å². The number of fused-ring (bicyclic) bond motifs is 1. The maximum absolute atomic E-state index is 2.37. The van der Waals surface area contributed by atoms with Gasteiger partial charge in [0.25, 0.3) is 0 Å². The Kier molecular flexibility index (Phi) is 3.24. The molecule has 2 aromatic rings. The van der Waals surface area contributed by atoms with E-state index >= 15 is 0 Å². The molecule has 0 aliphatic heterocycles. The topological polar surface area (TPSA) is 0 Å². The van der Waals surface area contributed by atoms with Crippen LogP contribution in [0.15, 0.2) is 18.2 Å². The van der Waals surface area contributed by atoms with Gasteiger partial charge in [-0.3, -0.25) is 0 Å². The van der Waals surface area contributed by atoms with Gasteiger partial charge in [0.15, 0.2) is 0 Å². The van der Waals surface area contributed by atoms with Crippen molar-refractivity contribution in [2.24, 2.45) is 0 Å². The Morgan fingerprint density at radius 1 is 0.765 bits per heavy atom. The summed E-state index contributed by atoms with van der Waals surface area (Å²) in [6, 6.07) is 6.93. The highest BCUT2D eigenvalue weighted by molar-refractivity contribution is 5.91. The summed E-state index contributed by atoms with van der Waals surface area (Å²) in [4.78, 5) is 0. The van der Waals surface area contributed by atoms with Crippen LogP contribution >= 0.6 is 0 Å². The van der Waals surface area contributed by atoms with Crippen molar-refractivity contribution >= 4 is 10.8 Å². The van der Waals surface area contributed by atoms with Crippen molar-refractivity contribution in [2.45, 2.75) is 47.5 Å². The van der Waals surface area contributed by atoms with E-state index < -0.39 is 0 Å². The summed E-state index contributed by atoms with van der Waals surface area (Å²) in [6.07, 6.45) is 2.24. The van der Waals surface area contributed by atoms with Gasteiger partial charge in [-0.25, -0.2) is 0 Å². The Morgan fingerprint density at radius 2 is 1.41 bits per heavy atom. The number of hydrogen-bond donors (Lipinski definition) is 0. The van der Waals surface area contributed by atoms with Crippen LogP contribution in [0.1, 0.15) is 41.7 Å². The highest BCUT2D eigenvalue weighted by Gasteiger charge is 2.09. The molecule has 0 atom stereocenters. The fourth-order valence-corrected chi connectivity index (χ4v) is 2.87. The highest BCUT2D eigenvalue weighted by Crippen LogP contribution is 2.30. The van der Waals surface area contributed by atoms with E-state index in [2.05, 4.69) is 52.8 Å². The zero-order valence-electron chi connectivity index (χ0n) is 11.6. The van der Waals surface area contributed by atoms with Crippen molar-refractivity contribution < 1.29 is 0 Å². The van der Waals surface area contributed by atoms with Crippen molar-refractivity contribution in [3.63, 3.8) is 0 Å². The number of rotatable bonds is 2. The molecule has 0 unspecified atom stereocenters. The zero-order chi connectivity index (χ0) is 12.6. The number of aryl methyl sites for hydroxylation is 4. The third-order valence-corrected chi connectivity index (χ3v) is 4.12. The highest BCUT2D eigenvalue weighted by atomic mass is 14.1. The molecule has 2 rings (SSSR count). The second-order valence-corrected chi connectivity index (χ2v) is 4.94. The molecule has 0 aromatic heterocycles. The minimum atomic E-state index is 1.12. The van der Waals surface area contributed by atoms with Gasteiger partial charge in [-0.15, -0.1) is 0 Å². The molecule has 0 amide bonds. The molecule has 90 valence electrons. The number of hydrogen-bond acceptors (Lipinski definition) is 0. The monoisotopic (exact) mass is 226 g/mol. The Morgan fingerprint density at radius 3 is 2.00 bits per heavy atom. The van der Waals surface area contributed by atoms with Gasteiger partial charge in [0.2, 0.25) is 0 Å². The molecule has 0 aliphatic carbocycles. The molecule has 0 nitrogen and oxygen atoms in total. The molecule has 0 aliphatic rings. The van der Waals surface area contributed by atoms with Crippen LogP contribution < -0.4 is 0 Å². The molecule has 0 heterocycles. The van der Waals surface area contributed by atoms with Gasteiger partial charge in [0, 0.05) is 0 Å².